The third-order valence-corrected chi connectivity index (χ3v) is 10.7. The molecule has 4 aliphatic carbocycles. The number of para-hydroxylation sites is 2. The van der Waals surface area contributed by atoms with Gasteiger partial charge in [-0.05, 0) is 120 Å². The number of rotatable bonds is 11. The van der Waals surface area contributed by atoms with Crippen molar-refractivity contribution in [3.05, 3.63) is 58.7 Å². The number of hydrogen-bond acceptors (Lipinski definition) is 2. The first-order chi connectivity index (χ1) is 17.4. The van der Waals surface area contributed by atoms with Crippen molar-refractivity contribution in [2.75, 3.05) is 6.07 Å². The Kier molecular flexibility index (Phi) is 6.56. The summed E-state index contributed by atoms with van der Waals surface area (Å²) >= 11 is 6.10. The number of ether oxygens (including phenoxy) is 1. The van der Waals surface area contributed by atoms with Crippen LogP contribution in [-0.2, 0) is 0 Å². The standard InChI is InChI=1S/C33H43ClO2/c1-18(22-11-12-22)24-7-5-8-25(32(24)35)20(3)28-15-30(28)31-16-29(31)21(4)27-10-6-9-26(33(27)36-17-34)19(2)23-13-14-23/h5-10,18-23,28-31,35H,11-17H2,1-4H3. The molecule has 1 N–H and O–H groups in total. The maximum absolute atomic E-state index is 11.2. The van der Waals surface area contributed by atoms with Gasteiger partial charge in [0.25, 0.3) is 0 Å². The Labute approximate surface area is 222 Å². The van der Waals surface area contributed by atoms with Crippen molar-refractivity contribution in [3.63, 3.8) is 0 Å². The Bertz CT molecular complexity index is 1100. The van der Waals surface area contributed by atoms with Gasteiger partial charge < -0.3 is 9.84 Å². The summed E-state index contributed by atoms with van der Waals surface area (Å²) in [6.07, 6.45) is 7.93. The number of benzene rings is 2. The smallest absolute Gasteiger partial charge is 0.162 e. The number of hydrogen-bond donors (Lipinski definition) is 1. The third-order valence-electron chi connectivity index (χ3n) is 10.6. The van der Waals surface area contributed by atoms with Gasteiger partial charge >= 0.3 is 0 Å². The van der Waals surface area contributed by atoms with E-state index in [1.165, 1.54) is 60.8 Å². The minimum Gasteiger partial charge on any atom is -0.507 e. The van der Waals surface area contributed by atoms with Gasteiger partial charge in [-0.15, -0.1) is 0 Å². The molecule has 0 aliphatic heterocycles. The van der Waals surface area contributed by atoms with Crippen LogP contribution in [0.5, 0.6) is 11.5 Å². The van der Waals surface area contributed by atoms with Crippen molar-refractivity contribution in [2.45, 2.75) is 89.9 Å². The molecule has 4 fully saturated rings. The van der Waals surface area contributed by atoms with E-state index in [9.17, 15) is 5.11 Å². The lowest BCUT2D eigenvalue weighted by molar-refractivity contribution is 0.368. The normalized spacial score (nSPS) is 30.4. The van der Waals surface area contributed by atoms with Gasteiger partial charge in [-0.1, -0.05) is 75.7 Å². The van der Waals surface area contributed by atoms with Crippen LogP contribution in [0.1, 0.15) is 112 Å². The van der Waals surface area contributed by atoms with Crippen molar-refractivity contribution in [2.24, 2.45) is 35.5 Å². The summed E-state index contributed by atoms with van der Waals surface area (Å²) in [7, 11) is 0. The molecule has 0 bridgehead atoms. The number of phenolic OH excluding ortho intramolecular Hbond substituents is 1. The molecule has 2 aromatic carbocycles. The molecule has 0 spiro atoms. The van der Waals surface area contributed by atoms with Crippen LogP contribution in [0.4, 0.5) is 0 Å². The van der Waals surface area contributed by atoms with Crippen LogP contribution in [0, 0.1) is 35.5 Å². The maximum atomic E-state index is 11.2. The van der Waals surface area contributed by atoms with E-state index in [0.29, 0.717) is 35.3 Å². The number of aromatic hydroxyl groups is 1. The van der Waals surface area contributed by atoms with Crippen LogP contribution < -0.4 is 4.74 Å². The molecule has 2 aromatic rings. The molecular formula is C33H43ClO2. The number of halogens is 1. The van der Waals surface area contributed by atoms with E-state index < -0.39 is 0 Å². The van der Waals surface area contributed by atoms with Crippen molar-refractivity contribution in [1.82, 2.24) is 0 Å². The average molecular weight is 507 g/mol. The zero-order valence-electron chi connectivity index (χ0n) is 22.4. The molecule has 8 unspecified atom stereocenters. The predicted octanol–water partition coefficient (Wildman–Crippen LogP) is 9.17. The lowest BCUT2D eigenvalue weighted by atomic mass is 9.86. The Balaban J connectivity index is 1.14. The fraction of sp³-hybridized carbons (Fsp3) is 0.636. The number of phenols is 1. The Morgan fingerprint density at radius 1 is 0.722 bits per heavy atom. The highest BCUT2D eigenvalue weighted by molar-refractivity contribution is 6.17. The van der Waals surface area contributed by atoms with Gasteiger partial charge in [-0.25, -0.2) is 0 Å². The largest absolute Gasteiger partial charge is 0.507 e. The second-order valence-corrected chi connectivity index (χ2v) is 13.0. The van der Waals surface area contributed by atoms with Crippen LogP contribution in [0.3, 0.4) is 0 Å². The van der Waals surface area contributed by atoms with E-state index in [-0.39, 0.29) is 6.07 Å². The van der Waals surface area contributed by atoms with Crippen molar-refractivity contribution >= 4 is 11.6 Å². The fourth-order valence-corrected chi connectivity index (χ4v) is 7.70. The summed E-state index contributed by atoms with van der Waals surface area (Å²) in [5.41, 5.74) is 5.06. The van der Waals surface area contributed by atoms with Gasteiger partial charge in [-0.3, -0.25) is 0 Å². The Morgan fingerprint density at radius 2 is 1.14 bits per heavy atom. The molecule has 6 rings (SSSR count). The van der Waals surface area contributed by atoms with Gasteiger partial charge in [0, 0.05) is 0 Å². The number of alkyl halides is 1. The van der Waals surface area contributed by atoms with E-state index in [1.54, 1.807) is 0 Å². The quantitative estimate of drug-likeness (QED) is 0.308. The minimum atomic E-state index is 0.215. The molecule has 4 aliphatic rings. The molecule has 0 saturated heterocycles. The summed E-state index contributed by atoms with van der Waals surface area (Å²) in [6, 6.07) is 13.5. The highest BCUT2D eigenvalue weighted by atomic mass is 35.5. The maximum Gasteiger partial charge on any atom is 0.162 e. The van der Waals surface area contributed by atoms with Crippen LogP contribution in [0.15, 0.2) is 36.4 Å². The van der Waals surface area contributed by atoms with E-state index >= 15 is 0 Å². The SMILES string of the molecule is CC(c1cccc(C(C)C2CC2C2CC2C(C)c2cccc(C(C)C3CC3)c2OCCl)c1O)C1CC1. The minimum absolute atomic E-state index is 0.215. The van der Waals surface area contributed by atoms with Gasteiger partial charge in [-0.2, -0.15) is 0 Å². The first-order valence-electron chi connectivity index (χ1n) is 14.5. The fourth-order valence-electron chi connectivity index (χ4n) is 7.59. The molecular weight excluding hydrogens is 464 g/mol. The van der Waals surface area contributed by atoms with Crippen LogP contribution in [0.25, 0.3) is 0 Å². The summed E-state index contributed by atoms with van der Waals surface area (Å²) in [5.74, 6) is 8.18. The molecule has 0 radical (unpaired) electrons. The lowest BCUT2D eigenvalue weighted by Crippen LogP contribution is -2.08. The zero-order chi connectivity index (χ0) is 25.1. The molecule has 194 valence electrons. The van der Waals surface area contributed by atoms with Crippen molar-refractivity contribution in [1.29, 1.82) is 0 Å². The van der Waals surface area contributed by atoms with E-state index in [1.807, 2.05) is 0 Å². The second kappa shape index (κ2) is 9.57. The molecule has 3 heteroatoms. The van der Waals surface area contributed by atoms with Crippen molar-refractivity contribution < 1.29 is 9.84 Å². The third kappa shape index (κ3) is 4.57. The summed E-state index contributed by atoms with van der Waals surface area (Å²) in [4.78, 5) is 0. The first-order valence-corrected chi connectivity index (χ1v) is 15.1. The van der Waals surface area contributed by atoms with Gasteiger partial charge in [0.15, 0.2) is 6.07 Å². The predicted molar refractivity (Wildman–Crippen MR) is 148 cm³/mol. The lowest BCUT2D eigenvalue weighted by Gasteiger charge is -2.22. The molecule has 4 saturated carbocycles. The monoisotopic (exact) mass is 506 g/mol. The Hall–Kier alpha value is -1.67. The zero-order valence-corrected chi connectivity index (χ0v) is 23.2. The highest BCUT2D eigenvalue weighted by Gasteiger charge is 2.56. The molecule has 0 aromatic heterocycles. The van der Waals surface area contributed by atoms with E-state index in [4.69, 9.17) is 16.3 Å². The summed E-state index contributed by atoms with van der Waals surface area (Å²) in [6.45, 7) is 9.40. The van der Waals surface area contributed by atoms with Crippen molar-refractivity contribution in [3.8, 4) is 11.5 Å². The van der Waals surface area contributed by atoms with Crippen LogP contribution in [0.2, 0.25) is 0 Å². The van der Waals surface area contributed by atoms with Gasteiger partial charge in [0.05, 0.1) is 0 Å². The van der Waals surface area contributed by atoms with Gasteiger partial charge in [0.1, 0.15) is 11.5 Å². The summed E-state index contributed by atoms with van der Waals surface area (Å²) < 4.78 is 6.10. The highest BCUT2D eigenvalue weighted by Crippen LogP contribution is 2.65. The average Bonchev–Trinajstić information content (AvgIpc) is 3.72. The van der Waals surface area contributed by atoms with Crippen LogP contribution in [-0.4, -0.2) is 11.2 Å². The molecule has 0 amide bonds. The molecule has 8 atom stereocenters. The second-order valence-electron chi connectivity index (χ2n) is 12.8. The molecule has 2 nitrogen and oxygen atoms in total. The molecule has 36 heavy (non-hydrogen) atoms. The topological polar surface area (TPSA) is 29.5 Å². The van der Waals surface area contributed by atoms with Gasteiger partial charge in [0.2, 0.25) is 0 Å². The van der Waals surface area contributed by atoms with E-state index in [0.717, 1.165) is 35.3 Å². The molecule has 0 heterocycles. The van der Waals surface area contributed by atoms with Crippen LogP contribution >= 0.6 is 11.6 Å². The van der Waals surface area contributed by atoms with E-state index in [2.05, 4.69) is 64.1 Å². The Morgan fingerprint density at radius 3 is 1.64 bits per heavy atom. The first kappa shape index (κ1) is 24.7. The summed E-state index contributed by atoms with van der Waals surface area (Å²) in [5, 5.41) is 11.2.